The molecule has 7 nitrogen and oxygen atoms in total. The molecule has 0 aliphatic carbocycles. The molecule has 0 aromatic heterocycles. The van der Waals surface area contributed by atoms with Gasteiger partial charge in [0, 0.05) is 23.0 Å². The van der Waals surface area contributed by atoms with Crippen molar-refractivity contribution in [2.45, 2.75) is 18.9 Å². The van der Waals surface area contributed by atoms with Gasteiger partial charge in [-0.15, -0.1) is 0 Å². The number of benzene rings is 1. The van der Waals surface area contributed by atoms with E-state index in [1.54, 1.807) is 12.1 Å². The fourth-order valence-corrected chi connectivity index (χ4v) is 2.22. The molecule has 1 amide bonds. The van der Waals surface area contributed by atoms with Crippen molar-refractivity contribution in [1.82, 2.24) is 0 Å². The summed E-state index contributed by atoms with van der Waals surface area (Å²) in [5.74, 6) is -0.299. The average molecular weight is 359 g/mol. The lowest BCUT2D eigenvalue weighted by molar-refractivity contribution is -0.137. The summed E-state index contributed by atoms with van der Waals surface area (Å²) in [5, 5.41) is 11.2. The Morgan fingerprint density at radius 1 is 1.33 bits per heavy atom. The van der Waals surface area contributed by atoms with Crippen molar-refractivity contribution >= 4 is 33.5 Å². The molecule has 1 atom stereocenters. The number of fused-ring (bicyclic) bond motifs is 1. The monoisotopic (exact) mass is 358 g/mol. The first-order chi connectivity index (χ1) is 9.97. The molecule has 2 rings (SSSR count). The van der Waals surface area contributed by atoms with Crippen LogP contribution >= 0.6 is 15.9 Å². The highest BCUT2D eigenvalue weighted by Gasteiger charge is 2.19. The molecule has 0 bridgehead atoms. The van der Waals surface area contributed by atoms with Crippen LogP contribution in [0.5, 0.6) is 11.5 Å². The normalized spacial score (nSPS) is 14.4. The van der Waals surface area contributed by atoms with Gasteiger partial charge in [0.1, 0.15) is 13.2 Å². The number of anilines is 1. The Labute approximate surface area is 129 Å². The van der Waals surface area contributed by atoms with E-state index in [0.717, 1.165) is 0 Å². The number of hydrogen-bond donors (Lipinski definition) is 3. The van der Waals surface area contributed by atoms with Crippen LogP contribution in [0.15, 0.2) is 16.6 Å². The van der Waals surface area contributed by atoms with Crippen LogP contribution in [0, 0.1) is 0 Å². The minimum atomic E-state index is -0.987. The Hall–Kier alpha value is -1.80. The molecule has 0 saturated carbocycles. The molecular weight excluding hydrogens is 344 g/mol. The number of carbonyl (C=O) groups excluding carboxylic acids is 1. The summed E-state index contributed by atoms with van der Waals surface area (Å²) in [4.78, 5) is 22.4. The van der Waals surface area contributed by atoms with Gasteiger partial charge in [-0.2, -0.15) is 0 Å². The third kappa shape index (κ3) is 4.08. The van der Waals surface area contributed by atoms with Crippen molar-refractivity contribution in [3.05, 3.63) is 16.6 Å². The van der Waals surface area contributed by atoms with Crippen LogP contribution in [-0.4, -0.2) is 36.2 Å². The first-order valence-electron chi connectivity index (χ1n) is 6.34. The molecule has 0 fully saturated rings. The summed E-state index contributed by atoms with van der Waals surface area (Å²) in [7, 11) is 0. The molecule has 0 spiro atoms. The van der Waals surface area contributed by atoms with Crippen LogP contribution in [0.1, 0.15) is 12.8 Å². The summed E-state index contributed by atoms with van der Waals surface area (Å²) in [6.07, 6.45) is -0.0831. The molecule has 8 heteroatoms. The number of carboxylic acid groups (broad SMARTS) is 1. The maximum atomic E-state index is 11.9. The van der Waals surface area contributed by atoms with E-state index >= 15 is 0 Å². The summed E-state index contributed by atoms with van der Waals surface area (Å²) in [5.41, 5.74) is 6.15. The largest absolute Gasteiger partial charge is 0.486 e. The van der Waals surface area contributed by atoms with Gasteiger partial charge in [-0.1, -0.05) is 0 Å². The van der Waals surface area contributed by atoms with Gasteiger partial charge in [0.05, 0.1) is 11.7 Å². The Bertz CT molecular complexity index is 564. The smallest absolute Gasteiger partial charge is 0.303 e. The van der Waals surface area contributed by atoms with Gasteiger partial charge >= 0.3 is 5.97 Å². The summed E-state index contributed by atoms with van der Waals surface area (Å²) < 4.78 is 11.5. The highest BCUT2D eigenvalue weighted by Crippen LogP contribution is 2.38. The summed E-state index contributed by atoms with van der Waals surface area (Å²) >= 11 is 3.33. The molecule has 1 aromatic carbocycles. The van der Waals surface area contributed by atoms with Crippen LogP contribution in [0.25, 0.3) is 0 Å². The third-order valence-corrected chi connectivity index (χ3v) is 3.55. The van der Waals surface area contributed by atoms with Gasteiger partial charge in [0.15, 0.2) is 11.5 Å². The van der Waals surface area contributed by atoms with E-state index < -0.39 is 17.9 Å². The zero-order chi connectivity index (χ0) is 15.4. The number of aliphatic carboxylic acids is 1. The molecule has 1 unspecified atom stereocenters. The van der Waals surface area contributed by atoms with Crippen LogP contribution < -0.4 is 20.5 Å². The predicted octanol–water partition coefficient (Wildman–Crippen LogP) is 1.35. The lowest BCUT2D eigenvalue weighted by Crippen LogP contribution is -2.36. The number of nitrogens with one attached hydrogen (secondary N) is 1. The van der Waals surface area contributed by atoms with Crippen LogP contribution in [0.3, 0.4) is 0 Å². The summed E-state index contributed by atoms with van der Waals surface area (Å²) in [6.45, 7) is 0.922. The van der Waals surface area contributed by atoms with Crippen molar-refractivity contribution in [2.75, 3.05) is 18.5 Å². The van der Waals surface area contributed by atoms with E-state index in [4.69, 9.17) is 20.3 Å². The fourth-order valence-electron chi connectivity index (χ4n) is 1.80. The minimum Gasteiger partial charge on any atom is -0.486 e. The van der Waals surface area contributed by atoms with E-state index in [1.807, 2.05) is 0 Å². The molecular formula is C13H15BrN2O5. The van der Waals surface area contributed by atoms with Crippen molar-refractivity contribution < 1.29 is 24.2 Å². The SMILES string of the molecule is NC(CCC(=O)O)C(=O)Nc1cc2c(cc1Br)OCCO2. The van der Waals surface area contributed by atoms with Crippen LogP contribution in [0.4, 0.5) is 5.69 Å². The predicted molar refractivity (Wildman–Crippen MR) is 78.6 cm³/mol. The van der Waals surface area contributed by atoms with Gasteiger partial charge in [-0.3, -0.25) is 9.59 Å². The van der Waals surface area contributed by atoms with E-state index in [-0.39, 0.29) is 12.8 Å². The highest BCUT2D eigenvalue weighted by molar-refractivity contribution is 9.10. The van der Waals surface area contributed by atoms with Gasteiger partial charge in [0.2, 0.25) is 5.91 Å². The molecule has 0 saturated heterocycles. The van der Waals surface area contributed by atoms with Crippen molar-refractivity contribution in [3.63, 3.8) is 0 Å². The van der Waals surface area contributed by atoms with Crippen molar-refractivity contribution in [2.24, 2.45) is 5.73 Å². The van der Waals surface area contributed by atoms with Crippen LogP contribution in [0.2, 0.25) is 0 Å². The Kier molecular flexibility index (Phi) is 5.03. The molecule has 1 aliphatic rings. The van der Waals surface area contributed by atoms with E-state index in [1.165, 1.54) is 0 Å². The first-order valence-corrected chi connectivity index (χ1v) is 7.14. The van der Waals surface area contributed by atoms with E-state index in [2.05, 4.69) is 21.2 Å². The molecule has 0 radical (unpaired) electrons. The number of halogens is 1. The minimum absolute atomic E-state index is 0.0728. The Morgan fingerprint density at radius 2 is 1.95 bits per heavy atom. The van der Waals surface area contributed by atoms with Gasteiger partial charge in [-0.05, 0) is 22.4 Å². The molecule has 4 N–H and O–H groups in total. The third-order valence-electron chi connectivity index (χ3n) is 2.90. The zero-order valence-electron chi connectivity index (χ0n) is 11.1. The number of nitrogens with two attached hydrogens (primary N) is 1. The first kappa shape index (κ1) is 15.6. The number of ether oxygens (including phenoxy) is 2. The molecule has 1 aromatic rings. The van der Waals surface area contributed by atoms with Crippen LogP contribution in [-0.2, 0) is 9.59 Å². The second kappa shape index (κ2) is 6.77. The number of hydrogen-bond acceptors (Lipinski definition) is 5. The Balaban J connectivity index is 2.05. The summed E-state index contributed by atoms with van der Waals surface area (Å²) in [6, 6.07) is 2.45. The second-order valence-corrected chi connectivity index (χ2v) is 5.36. The Morgan fingerprint density at radius 3 is 2.57 bits per heavy atom. The molecule has 1 heterocycles. The maximum Gasteiger partial charge on any atom is 0.303 e. The number of carboxylic acids is 1. The number of carbonyl (C=O) groups is 2. The maximum absolute atomic E-state index is 11.9. The van der Waals surface area contributed by atoms with Crippen molar-refractivity contribution in [3.8, 4) is 11.5 Å². The number of rotatable bonds is 5. The lowest BCUT2D eigenvalue weighted by atomic mass is 10.1. The van der Waals surface area contributed by atoms with Crippen molar-refractivity contribution in [1.29, 1.82) is 0 Å². The molecule has 114 valence electrons. The standard InChI is InChI=1S/C13H15BrN2O5/c14-7-5-10-11(21-4-3-20-10)6-9(7)16-13(19)8(15)1-2-12(17)18/h5-6,8H,1-4,15H2,(H,16,19)(H,17,18). The topological polar surface area (TPSA) is 111 Å². The highest BCUT2D eigenvalue weighted by atomic mass is 79.9. The average Bonchev–Trinajstić information content (AvgIpc) is 2.45. The van der Waals surface area contributed by atoms with Gasteiger partial charge < -0.3 is 25.6 Å². The lowest BCUT2D eigenvalue weighted by Gasteiger charge is -2.20. The molecule has 1 aliphatic heterocycles. The van der Waals surface area contributed by atoms with E-state index in [9.17, 15) is 9.59 Å². The van der Waals surface area contributed by atoms with Gasteiger partial charge in [-0.25, -0.2) is 0 Å². The second-order valence-electron chi connectivity index (χ2n) is 4.50. The molecule has 21 heavy (non-hydrogen) atoms. The quantitative estimate of drug-likeness (QED) is 0.732. The fraction of sp³-hybridized carbons (Fsp3) is 0.385. The number of amides is 1. The zero-order valence-corrected chi connectivity index (χ0v) is 12.7. The van der Waals surface area contributed by atoms with Gasteiger partial charge in [0.25, 0.3) is 0 Å². The van der Waals surface area contributed by atoms with E-state index in [0.29, 0.717) is 34.9 Å².